The highest BCUT2D eigenvalue weighted by atomic mass is 16.2. The van der Waals surface area contributed by atoms with Crippen LogP contribution in [0.4, 0.5) is 0 Å². The summed E-state index contributed by atoms with van der Waals surface area (Å²) in [5.74, 6) is -0.601. The van der Waals surface area contributed by atoms with Crippen LogP contribution in [0, 0.1) is 0 Å². The summed E-state index contributed by atoms with van der Waals surface area (Å²) >= 11 is 0. The lowest BCUT2D eigenvalue weighted by Crippen LogP contribution is -2.39. The first kappa shape index (κ1) is 20.0. The Labute approximate surface area is 165 Å². The zero-order chi connectivity index (χ0) is 20.1. The van der Waals surface area contributed by atoms with E-state index in [1.807, 2.05) is 4.90 Å². The predicted octanol–water partition coefficient (Wildman–Crippen LogP) is 1.92. The monoisotopic (exact) mass is 385 g/mol. The maximum absolute atomic E-state index is 12.6. The Bertz CT molecular complexity index is 742. The van der Waals surface area contributed by atoms with E-state index in [0.717, 1.165) is 24.2 Å². The quantitative estimate of drug-likeness (QED) is 0.701. The second-order valence-electron chi connectivity index (χ2n) is 7.28. The number of fused-ring (bicyclic) bond motifs is 1. The number of carbonyl (C=O) groups is 4. The van der Waals surface area contributed by atoms with Crippen molar-refractivity contribution < 1.29 is 19.2 Å². The van der Waals surface area contributed by atoms with E-state index in [1.165, 1.54) is 0 Å². The number of benzene rings is 1. The summed E-state index contributed by atoms with van der Waals surface area (Å²) in [5.41, 5.74) is 0.798. The third-order valence-corrected chi connectivity index (χ3v) is 5.37. The van der Waals surface area contributed by atoms with Gasteiger partial charge in [0.05, 0.1) is 11.1 Å². The minimum Gasteiger partial charge on any atom is -0.341 e. The standard InChI is InChI=1S/C21H27N3O4/c1-2-3-9-18(25)22-11-6-12-23(15-14-22)19(26)10-13-24-20(27)16-7-4-5-8-17(16)21(24)28/h4-5,7-8H,2-3,6,9-15H2,1H3. The summed E-state index contributed by atoms with van der Waals surface area (Å²) < 4.78 is 0. The molecule has 0 spiro atoms. The summed E-state index contributed by atoms with van der Waals surface area (Å²) in [7, 11) is 0. The predicted molar refractivity (Wildman–Crippen MR) is 104 cm³/mol. The van der Waals surface area contributed by atoms with Crippen molar-refractivity contribution in [3.8, 4) is 0 Å². The van der Waals surface area contributed by atoms with E-state index in [-0.39, 0.29) is 36.6 Å². The normalized spacial score (nSPS) is 17.0. The van der Waals surface area contributed by atoms with Gasteiger partial charge in [0.25, 0.3) is 11.8 Å². The van der Waals surface area contributed by atoms with Gasteiger partial charge >= 0.3 is 0 Å². The summed E-state index contributed by atoms with van der Waals surface area (Å²) in [4.78, 5) is 54.3. The smallest absolute Gasteiger partial charge is 0.261 e. The molecule has 0 bridgehead atoms. The van der Waals surface area contributed by atoms with Crippen molar-refractivity contribution in [2.75, 3.05) is 32.7 Å². The van der Waals surface area contributed by atoms with Crippen LogP contribution in [0.2, 0.25) is 0 Å². The molecule has 7 heteroatoms. The zero-order valence-corrected chi connectivity index (χ0v) is 16.4. The van der Waals surface area contributed by atoms with Crippen LogP contribution >= 0.6 is 0 Å². The van der Waals surface area contributed by atoms with Gasteiger partial charge < -0.3 is 9.80 Å². The topological polar surface area (TPSA) is 78.0 Å². The molecule has 1 aromatic rings. The number of unbranched alkanes of at least 4 members (excludes halogenated alkanes) is 1. The first-order valence-corrected chi connectivity index (χ1v) is 10.0. The molecule has 0 N–H and O–H groups in total. The van der Waals surface area contributed by atoms with Gasteiger partial charge in [-0.15, -0.1) is 0 Å². The van der Waals surface area contributed by atoms with Crippen molar-refractivity contribution in [3.63, 3.8) is 0 Å². The highest BCUT2D eigenvalue weighted by Gasteiger charge is 2.35. The van der Waals surface area contributed by atoms with E-state index in [0.29, 0.717) is 43.7 Å². The van der Waals surface area contributed by atoms with E-state index in [4.69, 9.17) is 0 Å². The van der Waals surface area contributed by atoms with Crippen molar-refractivity contribution in [2.24, 2.45) is 0 Å². The molecule has 2 aliphatic heterocycles. The molecule has 0 aromatic heterocycles. The average Bonchev–Trinajstić information content (AvgIpc) is 2.88. The highest BCUT2D eigenvalue weighted by Crippen LogP contribution is 2.22. The Hall–Kier alpha value is -2.70. The summed E-state index contributed by atoms with van der Waals surface area (Å²) in [6.45, 7) is 4.45. The second kappa shape index (κ2) is 8.99. The maximum Gasteiger partial charge on any atom is 0.261 e. The van der Waals surface area contributed by atoms with Crippen molar-refractivity contribution >= 4 is 23.6 Å². The maximum atomic E-state index is 12.6. The van der Waals surface area contributed by atoms with Crippen LogP contribution in [0.15, 0.2) is 24.3 Å². The fraction of sp³-hybridized carbons (Fsp3) is 0.524. The molecule has 1 saturated heterocycles. The molecular formula is C21H27N3O4. The van der Waals surface area contributed by atoms with E-state index in [1.54, 1.807) is 29.2 Å². The number of nitrogens with zero attached hydrogens (tertiary/aromatic N) is 3. The van der Waals surface area contributed by atoms with Gasteiger partial charge in [0.1, 0.15) is 0 Å². The van der Waals surface area contributed by atoms with E-state index in [2.05, 4.69) is 6.92 Å². The molecule has 4 amide bonds. The molecule has 7 nitrogen and oxygen atoms in total. The van der Waals surface area contributed by atoms with Gasteiger partial charge in [-0.25, -0.2) is 0 Å². The van der Waals surface area contributed by atoms with Crippen LogP contribution in [-0.4, -0.2) is 71.1 Å². The first-order valence-electron chi connectivity index (χ1n) is 10.0. The van der Waals surface area contributed by atoms with Crippen LogP contribution in [0.5, 0.6) is 0 Å². The largest absolute Gasteiger partial charge is 0.341 e. The molecule has 0 atom stereocenters. The molecule has 0 saturated carbocycles. The Kier molecular flexibility index (Phi) is 6.44. The van der Waals surface area contributed by atoms with Crippen molar-refractivity contribution in [1.29, 1.82) is 0 Å². The molecule has 0 radical (unpaired) electrons. The van der Waals surface area contributed by atoms with Gasteiger partial charge in [-0.2, -0.15) is 0 Å². The van der Waals surface area contributed by atoms with Crippen molar-refractivity contribution in [2.45, 2.75) is 39.0 Å². The number of amides is 4. The lowest BCUT2D eigenvalue weighted by atomic mass is 10.1. The van der Waals surface area contributed by atoms with Gasteiger partial charge in [0.15, 0.2) is 0 Å². The second-order valence-corrected chi connectivity index (χ2v) is 7.28. The molecule has 28 heavy (non-hydrogen) atoms. The Morgan fingerprint density at radius 2 is 1.39 bits per heavy atom. The number of hydrogen-bond acceptors (Lipinski definition) is 4. The lowest BCUT2D eigenvalue weighted by molar-refractivity contribution is -0.133. The molecule has 3 rings (SSSR count). The number of carbonyl (C=O) groups excluding carboxylic acids is 4. The Morgan fingerprint density at radius 3 is 1.93 bits per heavy atom. The molecule has 2 aliphatic rings. The third kappa shape index (κ3) is 4.24. The Morgan fingerprint density at radius 1 is 0.857 bits per heavy atom. The molecule has 0 aliphatic carbocycles. The molecule has 1 aromatic carbocycles. The van der Waals surface area contributed by atoms with Crippen LogP contribution in [0.3, 0.4) is 0 Å². The molecule has 150 valence electrons. The molecular weight excluding hydrogens is 358 g/mol. The van der Waals surface area contributed by atoms with Crippen LogP contribution in [0.1, 0.15) is 59.7 Å². The minimum absolute atomic E-state index is 0.0839. The average molecular weight is 385 g/mol. The fourth-order valence-corrected chi connectivity index (χ4v) is 3.71. The molecule has 0 unspecified atom stereocenters. The van der Waals surface area contributed by atoms with Gasteiger partial charge in [-0.05, 0) is 25.0 Å². The van der Waals surface area contributed by atoms with E-state index < -0.39 is 0 Å². The van der Waals surface area contributed by atoms with Gasteiger partial charge in [0, 0.05) is 45.6 Å². The van der Waals surface area contributed by atoms with Gasteiger partial charge in [-0.3, -0.25) is 24.1 Å². The molecule has 2 heterocycles. The molecule has 1 fully saturated rings. The fourth-order valence-electron chi connectivity index (χ4n) is 3.71. The van der Waals surface area contributed by atoms with Gasteiger partial charge in [-0.1, -0.05) is 25.5 Å². The number of imide groups is 1. The Balaban J connectivity index is 1.51. The van der Waals surface area contributed by atoms with Crippen molar-refractivity contribution in [3.05, 3.63) is 35.4 Å². The zero-order valence-electron chi connectivity index (χ0n) is 16.4. The summed E-state index contributed by atoms with van der Waals surface area (Å²) in [6, 6.07) is 6.72. The van der Waals surface area contributed by atoms with E-state index >= 15 is 0 Å². The van der Waals surface area contributed by atoms with Crippen molar-refractivity contribution in [1.82, 2.24) is 14.7 Å². The third-order valence-electron chi connectivity index (χ3n) is 5.37. The SMILES string of the molecule is CCCCC(=O)N1CCCN(C(=O)CCN2C(=O)c3ccccc3C2=O)CC1. The van der Waals surface area contributed by atoms with Gasteiger partial charge in [0.2, 0.25) is 11.8 Å². The highest BCUT2D eigenvalue weighted by molar-refractivity contribution is 6.21. The van der Waals surface area contributed by atoms with Crippen LogP contribution in [-0.2, 0) is 9.59 Å². The summed E-state index contributed by atoms with van der Waals surface area (Å²) in [6.07, 6.45) is 3.29. The van der Waals surface area contributed by atoms with E-state index in [9.17, 15) is 19.2 Å². The summed E-state index contributed by atoms with van der Waals surface area (Å²) in [5, 5.41) is 0. The van der Waals surface area contributed by atoms with Crippen LogP contribution < -0.4 is 0 Å². The lowest BCUT2D eigenvalue weighted by Gasteiger charge is -2.23. The number of rotatable bonds is 6. The van der Waals surface area contributed by atoms with Crippen LogP contribution in [0.25, 0.3) is 0 Å². The minimum atomic E-state index is -0.336. The number of hydrogen-bond donors (Lipinski definition) is 0. The first-order chi connectivity index (χ1) is 13.5.